The van der Waals surface area contributed by atoms with Crippen molar-refractivity contribution in [2.75, 3.05) is 36.8 Å². The van der Waals surface area contributed by atoms with Crippen molar-refractivity contribution >= 4 is 45.0 Å². The summed E-state index contributed by atoms with van der Waals surface area (Å²) in [5, 5.41) is 3.59. The van der Waals surface area contributed by atoms with Gasteiger partial charge < -0.3 is 10.2 Å². The largest absolute Gasteiger partial charge is 0.360 e. The van der Waals surface area contributed by atoms with Gasteiger partial charge in [-0.1, -0.05) is 23.7 Å². The Morgan fingerprint density at radius 2 is 1.80 bits per heavy atom. The number of anilines is 1. The maximum Gasteiger partial charge on any atom is 0.243 e. The number of halogens is 1. The highest BCUT2D eigenvalue weighted by atomic mass is 35.5. The molecule has 1 fully saturated rings. The lowest BCUT2D eigenvalue weighted by Gasteiger charge is -2.31. The first-order valence-electron chi connectivity index (χ1n) is 9.96. The highest BCUT2D eigenvalue weighted by molar-refractivity contribution is 7.99. The highest BCUT2D eigenvalue weighted by Crippen LogP contribution is 2.37. The first kappa shape index (κ1) is 21.5. The Kier molecular flexibility index (Phi) is 6.57. The number of nitrogens with zero attached hydrogens (tertiary/aromatic N) is 2. The first-order valence-corrected chi connectivity index (χ1v) is 12.8. The van der Waals surface area contributed by atoms with Crippen LogP contribution in [0.3, 0.4) is 0 Å². The zero-order valence-corrected chi connectivity index (χ0v) is 18.9. The molecule has 1 amide bonds. The predicted molar refractivity (Wildman–Crippen MR) is 121 cm³/mol. The molecule has 160 valence electrons. The maximum absolute atomic E-state index is 12.9. The fraction of sp³-hybridized carbons (Fsp3) is 0.381. The van der Waals surface area contributed by atoms with E-state index in [1.54, 1.807) is 40.3 Å². The van der Waals surface area contributed by atoms with E-state index < -0.39 is 10.0 Å². The van der Waals surface area contributed by atoms with Crippen LogP contribution in [0.4, 0.5) is 5.69 Å². The molecule has 2 aromatic rings. The van der Waals surface area contributed by atoms with Crippen molar-refractivity contribution in [3.05, 3.63) is 53.1 Å². The van der Waals surface area contributed by atoms with Crippen molar-refractivity contribution < 1.29 is 13.2 Å². The normalized spacial score (nSPS) is 17.0. The summed E-state index contributed by atoms with van der Waals surface area (Å²) in [7, 11) is -3.49. The molecule has 2 aliphatic rings. The Hall–Kier alpha value is -1.74. The molecule has 0 aliphatic carbocycles. The third-order valence-corrected chi connectivity index (χ3v) is 8.52. The molecule has 0 unspecified atom stereocenters. The third-order valence-electron chi connectivity index (χ3n) is 5.33. The number of hydrogen-bond acceptors (Lipinski definition) is 5. The van der Waals surface area contributed by atoms with Gasteiger partial charge in [-0.25, -0.2) is 8.42 Å². The fourth-order valence-electron chi connectivity index (χ4n) is 3.69. The van der Waals surface area contributed by atoms with Crippen LogP contribution >= 0.6 is 23.4 Å². The molecular formula is C21H24ClN3O3S2. The third kappa shape index (κ3) is 4.77. The Bertz CT molecular complexity index is 1020. The number of nitrogens with one attached hydrogen (secondary N) is 1. The van der Waals surface area contributed by atoms with Gasteiger partial charge in [-0.15, -0.1) is 11.8 Å². The highest BCUT2D eigenvalue weighted by Gasteiger charge is 2.29. The van der Waals surface area contributed by atoms with Crippen molar-refractivity contribution in [1.82, 2.24) is 9.62 Å². The molecule has 2 aromatic carbocycles. The van der Waals surface area contributed by atoms with Crippen LogP contribution in [-0.4, -0.2) is 50.6 Å². The van der Waals surface area contributed by atoms with Crippen molar-refractivity contribution in [2.45, 2.75) is 29.2 Å². The SMILES string of the molecule is O=C(CN1CCSc2ccc(S(=O)(=O)N3CCCC3)cc21)NCc1ccc(Cl)cc1. The van der Waals surface area contributed by atoms with E-state index in [9.17, 15) is 13.2 Å². The van der Waals surface area contributed by atoms with Crippen LogP contribution < -0.4 is 10.2 Å². The lowest BCUT2D eigenvalue weighted by atomic mass is 10.2. The van der Waals surface area contributed by atoms with Crippen LogP contribution in [-0.2, 0) is 21.4 Å². The molecule has 30 heavy (non-hydrogen) atoms. The Balaban J connectivity index is 1.47. The summed E-state index contributed by atoms with van der Waals surface area (Å²) in [6.07, 6.45) is 1.81. The minimum absolute atomic E-state index is 0.101. The van der Waals surface area contributed by atoms with E-state index in [4.69, 9.17) is 11.6 Å². The van der Waals surface area contributed by atoms with Crippen LogP contribution in [0.2, 0.25) is 5.02 Å². The van der Waals surface area contributed by atoms with E-state index in [-0.39, 0.29) is 12.5 Å². The van der Waals surface area contributed by atoms with Gasteiger partial charge in [0, 0.05) is 41.8 Å². The van der Waals surface area contributed by atoms with E-state index in [2.05, 4.69) is 5.32 Å². The van der Waals surface area contributed by atoms with E-state index in [0.29, 0.717) is 36.1 Å². The fourth-order valence-corrected chi connectivity index (χ4v) is 6.38. The van der Waals surface area contributed by atoms with E-state index >= 15 is 0 Å². The van der Waals surface area contributed by atoms with Gasteiger partial charge in [-0.05, 0) is 48.7 Å². The van der Waals surface area contributed by atoms with Crippen LogP contribution in [0.25, 0.3) is 0 Å². The number of hydrogen-bond donors (Lipinski definition) is 1. The standard InChI is InChI=1S/C21H24ClN3O3S2/c22-17-5-3-16(4-6-17)14-23-21(26)15-24-11-12-29-20-8-7-18(13-19(20)24)30(27,28)25-9-1-2-10-25/h3-8,13H,1-2,9-12,14-15H2,(H,23,26). The van der Waals surface area contributed by atoms with Crippen LogP contribution in [0.5, 0.6) is 0 Å². The summed E-state index contributed by atoms with van der Waals surface area (Å²) in [5.74, 6) is 0.756. The first-order chi connectivity index (χ1) is 14.4. The predicted octanol–water partition coefficient (Wildman–Crippen LogP) is 3.35. The molecule has 0 radical (unpaired) electrons. The van der Waals surface area contributed by atoms with E-state index in [0.717, 1.165) is 34.7 Å². The molecule has 4 rings (SSSR count). The van der Waals surface area contributed by atoms with Gasteiger partial charge in [0.25, 0.3) is 0 Å². The number of carbonyl (C=O) groups is 1. The zero-order valence-electron chi connectivity index (χ0n) is 16.5. The Morgan fingerprint density at radius 1 is 1.07 bits per heavy atom. The van der Waals surface area contributed by atoms with E-state index in [1.807, 2.05) is 23.1 Å². The Morgan fingerprint density at radius 3 is 2.53 bits per heavy atom. The number of rotatable bonds is 6. The van der Waals surface area contributed by atoms with Gasteiger partial charge in [0.15, 0.2) is 0 Å². The van der Waals surface area contributed by atoms with Gasteiger partial charge in [0.2, 0.25) is 15.9 Å². The molecule has 2 heterocycles. The zero-order chi connectivity index (χ0) is 21.1. The molecule has 0 atom stereocenters. The molecule has 6 nitrogen and oxygen atoms in total. The second kappa shape index (κ2) is 9.18. The number of fused-ring (bicyclic) bond motifs is 1. The number of sulfonamides is 1. The number of benzene rings is 2. The second-order valence-corrected chi connectivity index (χ2v) is 10.9. The average Bonchev–Trinajstić information content (AvgIpc) is 3.29. The minimum Gasteiger partial charge on any atom is -0.360 e. The van der Waals surface area contributed by atoms with Crippen LogP contribution in [0.1, 0.15) is 18.4 Å². The van der Waals surface area contributed by atoms with E-state index in [1.165, 1.54) is 0 Å². The van der Waals surface area contributed by atoms with Crippen molar-refractivity contribution in [3.63, 3.8) is 0 Å². The lowest BCUT2D eigenvalue weighted by molar-refractivity contribution is -0.119. The monoisotopic (exact) mass is 465 g/mol. The number of amides is 1. The summed E-state index contributed by atoms with van der Waals surface area (Å²) in [6.45, 7) is 2.46. The quantitative estimate of drug-likeness (QED) is 0.708. The molecule has 2 aliphatic heterocycles. The molecule has 0 bridgehead atoms. The van der Waals surface area contributed by atoms with Crippen molar-refractivity contribution in [1.29, 1.82) is 0 Å². The minimum atomic E-state index is -3.49. The topological polar surface area (TPSA) is 69.7 Å². The maximum atomic E-state index is 12.9. The van der Waals surface area contributed by atoms with Crippen LogP contribution in [0.15, 0.2) is 52.3 Å². The molecule has 1 N–H and O–H groups in total. The van der Waals surface area contributed by atoms with Crippen molar-refractivity contribution in [3.8, 4) is 0 Å². The summed E-state index contributed by atoms with van der Waals surface area (Å²) < 4.78 is 27.4. The molecule has 0 aromatic heterocycles. The number of thioether (sulfide) groups is 1. The molecule has 1 saturated heterocycles. The second-order valence-electron chi connectivity index (χ2n) is 7.41. The smallest absolute Gasteiger partial charge is 0.243 e. The van der Waals surface area contributed by atoms with Gasteiger partial charge in [-0.2, -0.15) is 4.31 Å². The lowest BCUT2D eigenvalue weighted by Crippen LogP contribution is -2.39. The van der Waals surface area contributed by atoms with Crippen molar-refractivity contribution in [2.24, 2.45) is 0 Å². The number of carbonyl (C=O) groups excluding carboxylic acids is 1. The Labute approximate surface area is 186 Å². The van der Waals surface area contributed by atoms with Gasteiger partial charge in [0.05, 0.1) is 17.1 Å². The molecular weight excluding hydrogens is 442 g/mol. The van der Waals surface area contributed by atoms with Gasteiger partial charge in [-0.3, -0.25) is 4.79 Å². The van der Waals surface area contributed by atoms with Gasteiger partial charge >= 0.3 is 0 Å². The molecule has 9 heteroatoms. The summed E-state index contributed by atoms with van der Waals surface area (Å²) in [4.78, 5) is 15.8. The van der Waals surface area contributed by atoms with Crippen LogP contribution in [0, 0.1) is 0 Å². The molecule has 0 spiro atoms. The van der Waals surface area contributed by atoms with Gasteiger partial charge in [0.1, 0.15) is 0 Å². The average molecular weight is 466 g/mol. The summed E-state index contributed by atoms with van der Waals surface area (Å²) >= 11 is 7.58. The summed E-state index contributed by atoms with van der Waals surface area (Å²) in [5.41, 5.74) is 1.79. The molecule has 0 saturated carbocycles. The summed E-state index contributed by atoms with van der Waals surface area (Å²) in [6, 6.07) is 12.6.